The molecule has 0 atom stereocenters. The van der Waals surface area contributed by atoms with Crippen molar-refractivity contribution in [2.24, 2.45) is 0 Å². The van der Waals surface area contributed by atoms with E-state index >= 15 is 0 Å². The molecule has 18 heavy (non-hydrogen) atoms. The van der Waals surface area contributed by atoms with E-state index in [4.69, 9.17) is 4.98 Å². The Labute approximate surface area is 108 Å². The van der Waals surface area contributed by atoms with E-state index < -0.39 is 0 Å². The summed E-state index contributed by atoms with van der Waals surface area (Å²) in [6.45, 7) is 4.48. The highest BCUT2D eigenvalue weighted by atomic mass is 14.9. The molecule has 94 valence electrons. The maximum absolute atomic E-state index is 4.95. The molecule has 0 bridgehead atoms. The molecule has 0 amide bonds. The van der Waals surface area contributed by atoms with Crippen molar-refractivity contribution in [3.63, 3.8) is 0 Å². The van der Waals surface area contributed by atoms with Crippen LogP contribution in [0.3, 0.4) is 0 Å². The van der Waals surface area contributed by atoms with E-state index in [2.05, 4.69) is 37.4 Å². The Bertz CT molecular complexity index is 600. The fourth-order valence-corrected chi connectivity index (χ4v) is 3.06. The minimum Gasteiger partial charge on any atom is -0.387 e. The summed E-state index contributed by atoms with van der Waals surface area (Å²) in [4.78, 5) is 4.95. The first-order valence-corrected chi connectivity index (χ1v) is 6.84. The Hall–Kier alpha value is -1.57. The van der Waals surface area contributed by atoms with Gasteiger partial charge in [0, 0.05) is 23.8 Å². The lowest BCUT2D eigenvalue weighted by Gasteiger charge is -2.15. The number of hydrogen-bond acceptors (Lipinski definition) is 2. The lowest BCUT2D eigenvalue weighted by atomic mass is 9.97. The lowest BCUT2D eigenvalue weighted by Crippen LogP contribution is -2.01. The van der Waals surface area contributed by atoms with Gasteiger partial charge in [0.15, 0.2) is 0 Å². The third-order valence-electron chi connectivity index (χ3n) is 3.95. The summed E-state index contributed by atoms with van der Waals surface area (Å²) in [7, 11) is 2.02. The first-order chi connectivity index (χ1) is 8.72. The molecule has 2 heteroatoms. The average molecular weight is 240 g/mol. The minimum absolute atomic E-state index is 0.519. The van der Waals surface area contributed by atoms with Gasteiger partial charge < -0.3 is 5.32 Å². The summed E-state index contributed by atoms with van der Waals surface area (Å²) in [5, 5.41) is 4.68. The average Bonchev–Trinajstić information content (AvgIpc) is 2.82. The SMILES string of the molecule is CNc1c2c(nc3c(C(C)C)cccc13)CCC2. The van der Waals surface area contributed by atoms with Crippen molar-refractivity contribution in [2.75, 3.05) is 12.4 Å². The van der Waals surface area contributed by atoms with Gasteiger partial charge in [-0.15, -0.1) is 0 Å². The van der Waals surface area contributed by atoms with E-state index in [1.165, 1.54) is 46.3 Å². The highest BCUT2D eigenvalue weighted by molar-refractivity contribution is 5.95. The van der Waals surface area contributed by atoms with E-state index in [-0.39, 0.29) is 0 Å². The maximum atomic E-state index is 4.95. The Kier molecular flexibility index (Phi) is 2.73. The van der Waals surface area contributed by atoms with Crippen LogP contribution in [-0.2, 0) is 12.8 Å². The zero-order chi connectivity index (χ0) is 12.7. The quantitative estimate of drug-likeness (QED) is 0.861. The molecule has 0 aliphatic heterocycles. The first kappa shape index (κ1) is 11.5. The summed E-state index contributed by atoms with van der Waals surface area (Å²) in [6.07, 6.45) is 3.54. The van der Waals surface area contributed by atoms with Crippen LogP contribution >= 0.6 is 0 Å². The smallest absolute Gasteiger partial charge is 0.0760 e. The van der Waals surface area contributed by atoms with Gasteiger partial charge in [-0.3, -0.25) is 4.98 Å². The first-order valence-electron chi connectivity index (χ1n) is 6.84. The molecule has 3 rings (SSSR count). The van der Waals surface area contributed by atoms with Crippen molar-refractivity contribution in [3.8, 4) is 0 Å². The molecule has 2 nitrogen and oxygen atoms in total. The van der Waals surface area contributed by atoms with Gasteiger partial charge in [0.25, 0.3) is 0 Å². The van der Waals surface area contributed by atoms with Crippen molar-refractivity contribution in [1.82, 2.24) is 4.98 Å². The molecule has 1 N–H and O–H groups in total. The normalized spacial score (nSPS) is 14.2. The summed E-state index contributed by atoms with van der Waals surface area (Å²) in [5.74, 6) is 0.519. The number of pyridine rings is 1. The third-order valence-corrected chi connectivity index (χ3v) is 3.95. The second-order valence-electron chi connectivity index (χ2n) is 5.41. The molecular formula is C16H20N2. The van der Waals surface area contributed by atoms with E-state index in [1.807, 2.05) is 7.05 Å². The van der Waals surface area contributed by atoms with Crippen LogP contribution in [-0.4, -0.2) is 12.0 Å². The van der Waals surface area contributed by atoms with Gasteiger partial charge in [0.05, 0.1) is 5.52 Å². The van der Waals surface area contributed by atoms with Crippen LogP contribution in [0.25, 0.3) is 10.9 Å². The van der Waals surface area contributed by atoms with Crippen LogP contribution in [0.1, 0.15) is 43.0 Å². The highest BCUT2D eigenvalue weighted by Gasteiger charge is 2.20. The van der Waals surface area contributed by atoms with Crippen molar-refractivity contribution in [2.45, 2.75) is 39.0 Å². The molecule has 1 heterocycles. The number of nitrogens with zero attached hydrogens (tertiary/aromatic N) is 1. The molecular weight excluding hydrogens is 220 g/mol. The van der Waals surface area contributed by atoms with Crippen LogP contribution in [0.15, 0.2) is 18.2 Å². The number of benzene rings is 1. The van der Waals surface area contributed by atoms with E-state index in [1.54, 1.807) is 0 Å². The number of fused-ring (bicyclic) bond motifs is 2. The van der Waals surface area contributed by atoms with Crippen molar-refractivity contribution < 1.29 is 0 Å². The van der Waals surface area contributed by atoms with Crippen molar-refractivity contribution in [3.05, 3.63) is 35.0 Å². The van der Waals surface area contributed by atoms with Crippen LogP contribution in [0.2, 0.25) is 0 Å². The molecule has 0 radical (unpaired) electrons. The topological polar surface area (TPSA) is 24.9 Å². The monoisotopic (exact) mass is 240 g/mol. The largest absolute Gasteiger partial charge is 0.387 e. The Morgan fingerprint density at radius 3 is 2.78 bits per heavy atom. The van der Waals surface area contributed by atoms with Crippen LogP contribution in [0.4, 0.5) is 5.69 Å². The predicted octanol–water partition coefficient (Wildman–Crippen LogP) is 3.89. The van der Waals surface area contributed by atoms with Gasteiger partial charge in [0.1, 0.15) is 0 Å². The predicted molar refractivity (Wildman–Crippen MR) is 77.4 cm³/mol. The highest BCUT2D eigenvalue weighted by Crippen LogP contribution is 2.36. The molecule has 0 spiro atoms. The van der Waals surface area contributed by atoms with E-state index in [0.29, 0.717) is 5.92 Å². The molecule has 0 fully saturated rings. The van der Waals surface area contributed by atoms with Crippen LogP contribution in [0, 0.1) is 0 Å². The number of anilines is 1. The fraction of sp³-hybridized carbons (Fsp3) is 0.438. The molecule has 0 saturated carbocycles. The molecule has 0 unspecified atom stereocenters. The van der Waals surface area contributed by atoms with E-state index in [0.717, 1.165) is 6.42 Å². The molecule has 1 aliphatic rings. The third kappa shape index (κ3) is 1.59. The number of rotatable bonds is 2. The number of aryl methyl sites for hydroxylation is 1. The number of aromatic nitrogens is 1. The molecule has 1 aromatic heterocycles. The van der Waals surface area contributed by atoms with Gasteiger partial charge in [-0.1, -0.05) is 32.0 Å². The Morgan fingerprint density at radius 2 is 2.06 bits per heavy atom. The maximum Gasteiger partial charge on any atom is 0.0760 e. The Morgan fingerprint density at radius 1 is 1.22 bits per heavy atom. The van der Waals surface area contributed by atoms with Gasteiger partial charge in [-0.05, 0) is 36.3 Å². The molecule has 2 aromatic rings. The van der Waals surface area contributed by atoms with Crippen molar-refractivity contribution in [1.29, 1.82) is 0 Å². The van der Waals surface area contributed by atoms with Crippen LogP contribution in [0.5, 0.6) is 0 Å². The fourth-order valence-electron chi connectivity index (χ4n) is 3.06. The molecule has 1 aromatic carbocycles. The lowest BCUT2D eigenvalue weighted by molar-refractivity contribution is 0.869. The van der Waals surface area contributed by atoms with Crippen LogP contribution < -0.4 is 5.32 Å². The van der Waals surface area contributed by atoms with E-state index in [9.17, 15) is 0 Å². The number of para-hydroxylation sites is 1. The molecule has 1 aliphatic carbocycles. The number of nitrogens with one attached hydrogen (secondary N) is 1. The minimum atomic E-state index is 0.519. The second kappa shape index (κ2) is 4.27. The molecule has 0 saturated heterocycles. The van der Waals surface area contributed by atoms with Gasteiger partial charge in [-0.2, -0.15) is 0 Å². The standard InChI is InChI=1S/C16H20N2/c1-10(2)11-6-4-8-13-15(17-3)12-7-5-9-14(12)18-16(11)13/h4,6,8,10H,5,7,9H2,1-3H3,(H,17,18). The summed E-state index contributed by atoms with van der Waals surface area (Å²) in [6, 6.07) is 6.56. The van der Waals surface area contributed by atoms with Gasteiger partial charge in [-0.25, -0.2) is 0 Å². The van der Waals surface area contributed by atoms with Gasteiger partial charge >= 0.3 is 0 Å². The summed E-state index contributed by atoms with van der Waals surface area (Å²) < 4.78 is 0. The zero-order valence-corrected chi connectivity index (χ0v) is 11.4. The number of hydrogen-bond donors (Lipinski definition) is 1. The van der Waals surface area contributed by atoms with Gasteiger partial charge in [0.2, 0.25) is 0 Å². The summed E-state index contributed by atoms with van der Waals surface area (Å²) >= 11 is 0. The zero-order valence-electron chi connectivity index (χ0n) is 11.4. The second-order valence-corrected chi connectivity index (χ2v) is 5.41. The summed E-state index contributed by atoms with van der Waals surface area (Å²) in [5.41, 5.74) is 6.59. The Balaban J connectivity index is 2.38. The van der Waals surface area contributed by atoms with Crippen molar-refractivity contribution >= 4 is 16.6 Å².